The highest BCUT2D eigenvalue weighted by Crippen LogP contribution is 2.16. The first kappa shape index (κ1) is 17.0. The Labute approximate surface area is 134 Å². The molecule has 0 spiro atoms. The third-order valence-corrected chi connectivity index (χ3v) is 4.72. The molecular formula is C18H29N3O. The van der Waals surface area contributed by atoms with Crippen LogP contribution in [0.15, 0.2) is 24.3 Å². The van der Waals surface area contributed by atoms with E-state index in [2.05, 4.69) is 35.3 Å². The Hall–Kier alpha value is -1.39. The van der Waals surface area contributed by atoms with Crippen LogP contribution in [0.25, 0.3) is 0 Å². The second-order valence-electron chi connectivity index (χ2n) is 6.38. The molecule has 22 heavy (non-hydrogen) atoms. The van der Waals surface area contributed by atoms with Crippen LogP contribution in [0.3, 0.4) is 0 Å². The third-order valence-electron chi connectivity index (χ3n) is 4.72. The minimum Gasteiger partial charge on any atom is -0.351 e. The Morgan fingerprint density at radius 3 is 2.55 bits per heavy atom. The third kappa shape index (κ3) is 4.55. The number of rotatable bonds is 7. The molecule has 0 aliphatic carbocycles. The molecule has 4 nitrogen and oxygen atoms in total. The summed E-state index contributed by atoms with van der Waals surface area (Å²) in [5.74, 6) is 0.158. The summed E-state index contributed by atoms with van der Waals surface area (Å²) in [7, 11) is 0. The molecule has 1 aliphatic heterocycles. The number of amides is 1. The van der Waals surface area contributed by atoms with Gasteiger partial charge in [-0.3, -0.25) is 9.69 Å². The SMILES string of the molecule is CCC(C)C(N)C(=O)NCc1ccccc1CN1CCCC1. The quantitative estimate of drug-likeness (QED) is 0.812. The number of hydrogen-bond acceptors (Lipinski definition) is 3. The maximum absolute atomic E-state index is 12.1. The highest BCUT2D eigenvalue weighted by molar-refractivity contribution is 5.81. The Bertz CT molecular complexity index is 483. The number of hydrogen-bond donors (Lipinski definition) is 2. The molecule has 2 atom stereocenters. The van der Waals surface area contributed by atoms with Crippen LogP contribution >= 0.6 is 0 Å². The largest absolute Gasteiger partial charge is 0.351 e. The highest BCUT2D eigenvalue weighted by atomic mass is 16.2. The molecule has 122 valence electrons. The minimum atomic E-state index is -0.421. The lowest BCUT2D eigenvalue weighted by Crippen LogP contribution is -2.44. The van der Waals surface area contributed by atoms with E-state index in [4.69, 9.17) is 5.73 Å². The van der Waals surface area contributed by atoms with Crippen molar-refractivity contribution < 1.29 is 4.79 Å². The standard InChI is InChI=1S/C18H29N3O/c1-3-14(2)17(19)18(22)20-12-15-8-4-5-9-16(15)13-21-10-6-7-11-21/h4-5,8-9,14,17H,3,6-7,10-13,19H2,1-2H3,(H,20,22). The summed E-state index contributed by atoms with van der Waals surface area (Å²) in [6.07, 6.45) is 3.51. The van der Waals surface area contributed by atoms with Crippen molar-refractivity contribution in [1.29, 1.82) is 0 Å². The summed E-state index contributed by atoms with van der Waals surface area (Å²) < 4.78 is 0. The molecule has 0 saturated carbocycles. The fourth-order valence-corrected chi connectivity index (χ4v) is 2.88. The molecule has 1 aliphatic rings. The highest BCUT2D eigenvalue weighted by Gasteiger charge is 2.19. The van der Waals surface area contributed by atoms with Gasteiger partial charge in [-0.25, -0.2) is 0 Å². The normalized spacial score (nSPS) is 18.1. The minimum absolute atomic E-state index is 0.0506. The van der Waals surface area contributed by atoms with Crippen LogP contribution in [-0.4, -0.2) is 29.9 Å². The molecule has 1 fully saturated rings. The lowest BCUT2D eigenvalue weighted by Gasteiger charge is -2.20. The van der Waals surface area contributed by atoms with E-state index >= 15 is 0 Å². The van der Waals surface area contributed by atoms with Gasteiger partial charge in [0.2, 0.25) is 5.91 Å². The first-order chi connectivity index (χ1) is 10.6. The molecule has 1 heterocycles. The summed E-state index contributed by atoms with van der Waals surface area (Å²) in [5.41, 5.74) is 8.49. The lowest BCUT2D eigenvalue weighted by atomic mass is 9.99. The van der Waals surface area contributed by atoms with Crippen LogP contribution in [0.4, 0.5) is 0 Å². The van der Waals surface area contributed by atoms with Gasteiger partial charge in [-0.05, 0) is 43.0 Å². The molecule has 3 N–H and O–H groups in total. The Kier molecular flexibility index (Phi) is 6.40. The van der Waals surface area contributed by atoms with Crippen molar-refractivity contribution in [2.45, 2.75) is 52.2 Å². The number of benzene rings is 1. The monoisotopic (exact) mass is 303 g/mol. The molecule has 2 rings (SSSR count). The van der Waals surface area contributed by atoms with Crippen molar-refractivity contribution in [2.24, 2.45) is 11.7 Å². The summed E-state index contributed by atoms with van der Waals surface area (Å²) in [6, 6.07) is 7.94. The summed E-state index contributed by atoms with van der Waals surface area (Å²) in [5, 5.41) is 3.00. The van der Waals surface area contributed by atoms with Gasteiger partial charge in [-0.15, -0.1) is 0 Å². The fraction of sp³-hybridized carbons (Fsp3) is 0.611. The van der Waals surface area contributed by atoms with Crippen LogP contribution in [0.1, 0.15) is 44.2 Å². The zero-order chi connectivity index (χ0) is 15.9. The van der Waals surface area contributed by atoms with Crippen molar-refractivity contribution in [3.8, 4) is 0 Å². The number of nitrogens with one attached hydrogen (secondary N) is 1. The fourth-order valence-electron chi connectivity index (χ4n) is 2.88. The maximum atomic E-state index is 12.1. The zero-order valence-electron chi connectivity index (χ0n) is 13.8. The number of nitrogens with zero attached hydrogens (tertiary/aromatic N) is 1. The van der Waals surface area contributed by atoms with Gasteiger partial charge in [0, 0.05) is 13.1 Å². The van der Waals surface area contributed by atoms with Crippen molar-refractivity contribution in [3.05, 3.63) is 35.4 Å². The summed E-state index contributed by atoms with van der Waals surface area (Å²) in [4.78, 5) is 14.6. The Morgan fingerprint density at radius 1 is 1.27 bits per heavy atom. The van der Waals surface area contributed by atoms with Crippen LogP contribution in [-0.2, 0) is 17.9 Å². The van der Waals surface area contributed by atoms with Crippen LogP contribution < -0.4 is 11.1 Å². The molecule has 0 radical (unpaired) electrons. The first-order valence-electron chi connectivity index (χ1n) is 8.44. The molecule has 1 aromatic rings. The van der Waals surface area contributed by atoms with Gasteiger partial charge in [0.15, 0.2) is 0 Å². The number of carbonyl (C=O) groups excluding carboxylic acids is 1. The van der Waals surface area contributed by atoms with Gasteiger partial charge in [-0.2, -0.15) is 0 Å². The van der Waals surface area contributed by atoms with E-state index < -0.39 is 6.04 Å². The molecular weight excluding hydrogens is 274 g/mol. The van der Waals surface area contributed by atoms with Crippen LogP contribution in [0.2, 0.25) is 0 Å². The molecule has 1 saturated heterocycles. The average molecular weight is 303 g/mol. The molecule has 1 amide bonds. The topological polar surface area (TPSA) is 58.4 Å². The summed E-state index contributed by atoms with van der Waals surface area (Å²) in [6.45, 7) is 7.98. The predicted octanol–water partition coefficient (Wildman–Crippen LogP) is 2.27. The number of nitrogens with two attached hydrogens (primary N) is 1. The van der Waals surface area contributed by atoms with Gasteiger partial charge in [0.25, 0.3) is 0 Å². The maximum Gasteiger partial charge on any atom is 0.237 e. The smallest absolute Gasteiger partial charge is 0.237 e. The molecule has 4 heteroatoms. The van der Waals surface area contributed by atoms with E-state index in [0.717, 1.165) is 13.0 Å². The van der Waals surface area contributed by atoms with E-state index in [9.17, 15) is 4.79 Å². The molecule has 1 aromatic carbocycles. The van der Waals surface area contributed by atoms with Crippen molar-refractivity contribution in [3.63, 3.8) is 0 Å². The van der Waals surface area contributed by atoms with Gasteiger partial charge in [0.1, 0.15) is 0 Å². The van der Waals surface area contributed by atoms with Crippen LogP contribution in [0.5, 0.6) is 0 Å². The molecule has 2 unspecified atom stereocenters. The second-order valence-corrected chi connectivity index (χ2v) is 6.38. The lowest BCUT2D eigenvalue weighted by molar-refractivity contribution is -0.123. The van der Waals surface area contributed by atoms with Crippen molar-refractivity contribution >= 4 is 5.91 Å². The van der Waals surface area contributed by atoms with E-state index in [0.29, 0.717) is 6.54 Å². The molecule has 0 aromatic heterocycles. The van der Waals surface area contributed by atoms with Gasteiger partial charge in [-0.1, -0.05) is 44.5 Å². The summed E-state index contributed by atoms with van der Waals surface area (Å²) >= 11 is 0. The van der Waals surface area contributed by atoms with Crippen LogP contribution in [0, 0.1) is 5.92 Å². The first-order valence-corrected chi connectivity index (χ1v) is 8.44. The number of likely N-dealkylation sites (tertiary alicyclic amines) is 1. The van der Waals surface area contributed by atoms with Gasteiger partial charge < -0.3 is 11.1 Å². The van der Waals surface area contributed by atoms with Gasteiger partial charge in [0.05, 0.1) is 6.04 Å². The Balaban J connectivity index is 1.93. The van der Waals surface area contributed by atoms with Gasteiger partial charge >= 0.3 is 0 Å². The van der Waals surface area contributed by atoms with E-state index in [1.165, 1.54) is 37.1 Å². The van der Waals surface area contributed by atoms with Crippen molar-refractivity contribution in [2.75, 3.05) is 13.1 Å². The average Bonchev–Trinajstić information content (AvgIpc) is 3.05. The van der Waals surface area contributed by atoms with E-state index in [-0.39, 0.29) is 11.8 Å². The second kappa shape index (κ2) is 8.30. The zero-order valence-corrected chi connectivity index (χ0v) is 13.8. The van der Waals surface area contributed by atoms with E-state index in [1.54, 1.807) is 0 Å². The van der Waals surface area contributed by atoms with E-state index in [1.807, 2.05) is 13.0 Å². The predicted molar refractivity (Wildman–Crippen MR) is 90.2 cm³/mol. The Morgan fingerprint density at radius 2 is 1.91 bits per heavy atom. The van der Waals surface area contributed by atoms with Crippen molar-refractivity contribution in [1.82, 2.24) is 10.2 Å². The molecule has 0 bridgehead atoms. The number of carbonyl (C=O) groups is 1.